The van der Waals surface area contributed by atoms with E-state index in [2.05, 4.69) is 26.0 Å². The third-order valence-electron chi connectivity index (χ3n) is 6.50. The maximum atomic E-state index is 13.3. The molecule has 180 valence electrons. The fraction of sp³-hybridized carbons (Fsp3) is 0.455. The number of rotatable bonds is 7. The number of carbonyl (C=O) groups is 1. The van der Waals surface area contributed by atoms with E-state index in [0.717, 1.165) is 12.8 Å². The van der Waals surface area contributed by atoms with Crippen LogP contribution >= 0.6 is 0 Å². The molecule has 3 aromatic rings. The Kier molecular flexibility index (Phi) is 5.47. The first-order valence-electron chi connectivity index (χ1n) is 11.1. The van der Waals surface area contributed by atoms with Crippen molar-refractivity contribution in [3.8, 4) is 0 Å². The standard InChI is InChI=1S/C22H25F2N7O3/c1-25-18-8-17(27-15-4-3-7-30(21(15)33)12-9-22(23,24)10-12)29-19-13(11-26-31(18)19)20(32)28-14-5-6-16(14)34-2/h3-4,7-8,11-12,14,16,25H,5-6,9-10H2,1-2H3,(H,27,29)(H,28,32). The van der Waals surface area contributed by atoms with E-state index in [9.17, 15) is 18.4 Å². The zero-order chi connectivity index (χ0) is 24.0. The normalized spacial score (nSPS) is 21.5. The van der Waals surface area contributed by atoms with Crippen molar-refractivity contribution < 1.29 is 18.3 Å². The summed E-state index contributed by atoms with van der Waals surface area (Å²) in [5.74, 6) is -2.20. The highest BCUT2D eigenvalue weighted by Crippen LogP contribution is 2.44. The highest BCUT2D eigenvalue weighted by molar-refractivity contribution is 6.00. The second-order valence-corrected chi connectivity index (χ2v) is 8.68. The number of ether oxygens (including phenoxy) is 1. The summed E-state index contributed by atoms with van der Waals surface area (Å²) in [7, 11) is 3.31. The third-order valence-corrected chi connectivity index (χ3v) is 6.50. The second kappa shape index (κ2) is 8.35. The van der Waals surface area contributed by atoms with E-state index in [4.69, 9.17) is 4.74 Å². The lowest BCUT2D eigenvalue weighted by atomic mass is 9.88. The second-order valence-electron chi connectivity index (χ2n) is 8.68. The number of nitrogens with zero attached hydrogens (tertiary/aromatic N) is 4. The molecule has 3 aromatic heterocycles. The Morgan fingerprint density at radius 1 is 1.29 bits per heavy atom. The van der Waals surface area contributed by atoms with E-state index < -0.39 is 17.5 Å². The molecule has 1 amide bonds. The van der Waals surface area contributed by atoms with E-state index in [-0.39, 0.29) is 42.1 Å². The molecule has 0 spiro atoms. The SMILES string of the molecule is CNc1cc(Nc2cccn(C3CC(F)(F)C3)c2=O)nc2c(C(=O)NC3CCC3OC)cnn12. The molecule has 0 aromatic carbocycles. The van der Waals surface area contributed by atoms with Crippen LogP contribution in [0.1, 0.15) is 42.1 Å². The lowest BCUT2D eigenvalue weighted by Gasteiger charge is -2.36. The van der Waals surface area contributed by atoms with Gasteiger partial charge in [-0.3, -0.25) is 9.59 Å². The van der Waals surface area contributed by atoms with Crippen LogP contribution < -0.4 is 21.5 Å². The van der Waals surface area contributed by atoms with Crippen molar-refractivity contribution in [2.75, 3.05) is 24.8 Å². The van der Waals surface area contributed by atoms with Crippen molar-refractivity contribution in [2.45, 2.75) is 49.8 Å². The average Bonchev–Trinajstić information content (AvgIpc) is 3.20. The Labute approximate surface area is 193 Å². The van der Waals surface area contributed by atoms with Crippen molar-refractivity contribution in [1.29, 1.82) is 0 Å². The van der Waals surface area contributed by atoms with Gasteiger partial charge in [-0.05, 0) is 25.0 Å². The molecule has 2 saturated carbocycles. The number of aromatic nitrogens is 4. The van der Waals surface area contributed by atoms with Gasteiger partial charge in [0.05, 0.1) is 18.3 Å². The predicted octanol–water partition coefficient (Wildman–Crippen LogP) is 2.55. The van der Waals surface area contributed by atoms with Gasteiger partial charge >= 0.3 is 0 Å². The van der Waals surface area contributed by atoms with Crippen LogP contribution in [0.2, 0.25) is 0 Å². The van der Waals surface area contributed by atoms with E-state index in [0.29, 0.717) is 17.3 Å². The summed E-state index contributed by atoms with van der Waals surface area (Å²) in [5.41, 5.74) is 0.358. The summed E-state index contributed by atoms with van der Waals surface area (Å²) in [6, 6.07) is 4.22. The Morgan fingerprint density at radius 3 is 2.74 bits per heavy atom. The number of alkyl halides is 2. The van der Waals surface area contributed by atoms with Crippen LogP contribution in [0.25, 0.3) is 5.65 Å². The van der Waals surface area contributed by atoms with E-state index in [1.54, 1.807) is 32.4 Å². The Morgan fingerprint density at radius 2 is 2.09 bits per heavy atom. The Hall–Kier alpha value is -3.54. The number of hydrogen-bond acceptors (Lipinski definition) is 7. The monoisotopic (exact) mass is 473 g/mol. The summed E-state index contributed by atoms with van der Waals surface area (Å²) in [6.45, 7) is 0. The summed E-state index contributed by atoms with van der Waals surface area (Å²) >= 11 is 0. The van der Waals surface area contributed by atoms with Gasteiger partial charge in [-0.15, -0.1) is 0 Å². The molecule has 2 aliphatic rings. The molecule has 3 N–H and O–H groups in total. The summed E-state index contributed by atoms with van der Waals surface area (Å²) < 4.78 is 34.8. The first-order chi connectivity index (χ1) is 16.3. The van der Waals surface area contributed by atoms with E-state index >= 15 is 0 Å². The summed E-state index contributed by atoms with van der Waals surface area (Å²) in [4.78, 5) is 30.3. The number of nitrogens with one attached hydrogen (secondary N) is 3. The fourth-order valence-corrected chi connectivity index (χ4v) is 4.39. The van der Waals surface area contributed by atoms with Crippen LogP contribution in [-0.2, 0) is 4.74 Å². The third kappa shape index (κ3) is 3.87. The van der Waals surface area contributed by atoms with E-state index in [1.165, 1.54) is 21.5 Å². The molecule has 0 saturated heterocycles. The van der Waals surface area contributed by atoms with Gasteiger partial charge in [0.1, 0.15) is 22.9 Å². The molecule has 0 radical (unpaired) electrons. The van der Waals surface area contributed by atoms with Crippen molar-refractivity contribution >= 4 is 28.9 Å². The summed E-state index contributed by atoms with van der Waals surface area (Å²) in [5, 5.41) is 13.2. The molecular weight excluding hydrogens is 448 g/mol. The number of carbonyl (C=O) groups excluding carboxylic acids is 1. The first-order valence-corrected chi connectivity index (χ1v) is 11.1. The van der Waals surface area contributed by atoms with Gasteiger partial charge < -0.3 is 25.3 Å². The van der Waals surface area contributed by atoms with Gasteiger partial charge in [-0.1, -0.05) is 0 Å². The molecule has 34 heavy (non-hydrogen) atoms. The lowest BCUT2D eigenvalue weighted by Crippen LogP contribution is -2.51. The van der Waals surface area contributed by atoms with Crippen LogP contribution in [0.15, 0.2) is 35.4 Å². The number of amides is 1. The minimum Gasteiger partial charge on any atom is -0.379 e. The minimum absolute atomic E-state index is 0.0142. The highest BCUT2D eigenvalue weighted by Gasteiger charge is 2.46. The fourth-order valence-electron chi connectivity index (χ4n) is 4.39. The van der Waals surface area contributed by atoms with Crippen LogP contribution in [-0.4, -0.2) is 57.3 Å². The van der Waals surface area contributed by atoms with E-state index in [1.807, 2.05) is 0 Å². The van der Waals surface area contributed by atoms with Crippen LogP contribution in [0, 0.1) is 0 Å². The zero-order valence-electron chi connectivity index (χ0n) is 18.7. The molecule has 2 aliphatic carbocycles. The maximum Gasteiger partial charge on any atom is 0.274 e. The smallest absolute Gasteiger partial charge is 0.274 e. The summed E-state index contributed by atoms with van der Waals surface area (Å²) in [6.07, 6.45) is 3.94. The molecule has 10 nitrogen and oxygen atoms in total. The molecule has 5 rings (SSSR count). The van der Waals surface area contributed by atoms with Gasteiger partial charge in [0.2, 0.25) is 0 Å². The quantitative estimate of drug-likeness (QED) is 0.483. The highest BCUT2D eigenvalue weighted by atomic mass is 19.3. The topological polar surface area (TPSA) is 115 Å². The number of pyridine rings is 1. The molecule has 0 aliphatic heterocycles. The van der Waals surface area contributed by atoms with Gasteiger partial charge in [0, 0.05) is 45.3 Å². The molecule has 2 fully saturated rings. The van der Waals surface area contributed by atoms with Crippen molar-refractivity contribution in [2.24, 2.45) is 0 Å². The molecule has 3 heterocycles. The molecule has 2 unspecified atom stereocenters. The Balaban J connectivity index is 1.44. The molecule has 2 atom stereocenters. The maximum absolute atomic E-state index is 13.3. The minimum atomic E-state index is -2.73. The number of hydrogen-bond donors (Lipinski definition) is 3. The number of anilines is 3. The lowest BCUT2D eigenvalue weighted by molar-refractivity contribution is -0.104. The number of halogens is 2. The van der Waals surface area contributed by atoms with Gasteiger partial charge in [-0.2, -0.15) is 9.61 Å². The van der Waals surface area contributed by atoms with Crippen LogP contribution in [0.5, 0.6) is 0 Å². The largest absolute Gasteiger partial charge is 0.379 e. The van der Waals surface area contributed by atoms with Crippen molar-refractivity contribution in [3.63, 3.8) is 0 Å². The molecular formula is C22H25F2N7O3. The van der Waals surface area contributed by atoms with Gasteiger partial charge in [0.15, 0.2) is 5.65 Å². The van der Waals surface area contributed by atoms with Crippen molar-refractivity contribution in [3.05, 3.63) is 46.5 Å². The average molecular weight is 473 g/mol. The van der Waals surface area contributed by atoms with Crippen LogP contribution in [0.3, 0.4) is 0 Å². The van der Waals surface area contributed by atoms with Crippen LogP contribution in [0.4, 0.5) is 26.1 Å². The predicted molar refractivity (Wildman–Crippen MR) is 121 cm³/mol. The Bertz CT molecular complexity index is 1300. The number of fused-ring (bicyclic) bond motifs is 1. The molecule has 12 heteroatoms. The van der Waals surface area contributed by atoms with Gasteiger partial charge in [0.25, 0.3) is 17.4 Å². The van der Waals surface area contributed by atoms with Gasteiger partial charge in [-0.25, -0.2) is 13.8 Å². The number of methoxy groups -OCH3 is 1. The van der Waals surface area contributed by atoms with Crippen molar-refractivity contribution in [1.82, 2.24) is 24.5 Å². The molecule has 0 bridgehead atoms. The first kappa shape index (κ1) is 22.3. The zero-order valence-corrected chi connectivity index (χ0v) is 18.7.